The van der Waals surface area contributed by atoms with Crippen molar-refractivity contribution < 1.29 is 4.79 Å². The lowest BCUT2D eigenvalue weighted by atomic mass is 10.1. The van der Waals surface area contributed by atoms with Crippen LogP contribution in [-0.4, -0.2) is 15.7 Å². The van der Waals surface area contributed by atoms with E-state index in [-0.39, 0.29) is 5.91 Å². The van der Waals surface area contributed by atoms with E-state index in [1.807, 2.05) is 11.6 Å². The molecule has 2 heterocycles. The van der Waals surface area contributed by atoms with Crippen molar-refractivity contribution in [2.24, 2.45) is 5.92 Å². The van der Waals surface area contributed by atoms with Crippen LogP contribution in [0, 0.1) is 19.8 Å². The number of nitrogens with one attached hydrogen (secondary N) is 2. The molecule has 1 amide bonds. The SMILES string of the molecule is Cc1nn(CC(C)C)c(C)c1CC(=O)NCc1ccc2c(c1)CNC2. The number of benzene rings is 1. The number of aryl methyl sites for hydroxylation is 1. The largest absolute Gasteiger partial charge is 0.352 e. The first kappa shape index (κ1) is 17.7. The number of carbonyl (C=O) groups excluding carboxylic acids is 1. The van der Waals surface area contributed by atoms with Crippen LogP contribution in [0.5, 0.6) is 0 Å². The Hall–Kier alpha value is -2.14. The van der Waals surface area contributed by atoms with Crippen molar-refractivity contribution in [1.82, 2.24) is 20.4 Å². The molecule has 1 aliphatic rings. The summed E-state index contributed by atoms with van der Waals surface area (Å²) in [5.74, 6) is 0.586. The molecule has 0 saturated heterocycles. The first-order valence-electron chi connectivity index (χ1n) is 9.05. The minimum Gasteiger partial charge on any atom is -0.352 e. The van der Waals surface area contributed by atoms with Crippen LogP contribution in [-0.2, 0) is 37.4 Å². The minimum absolute atomic E-state index is 0.0499. The summed E-state index contributed by atoms with van der Waals surface area (Å²) in [7, 11) is 0. The van der Waals surface area contributed by atoms with Gasteiger partial charge in [-0.3, -0.25) is 9.48 Å². The Kier molecular flexibility index (Phi) is 5.23. The molecule has 0 atom stereocenters. The average Bonchev–Trinajstić information content (AvgIpc) is 3.12. The molecule has 0 saturated carbocycles. The highest BCUT2D eigenvalue weighted by Gasteiger charge is 2.16. The zero-order valence-corrected chi connectivity index (χ0v) is 15.6. The van der Waals surface area contributed by atoms with Gasteiger partial charge in [0.15, 0.2) is 0 Å². The quantitative estimate of drug-likeness (QED) is 0.850. The molecule has 0 radical (unpaired) electrons. The van der Waals surface area contributed by atoms with E-state index in [2.05, 4.69) is 54.7 Å². The van der Waals surface area contributed by atoms with Gasteiger partial charge in [-0.15, -0.1) is 0 Å². The van der Waals surface area contributed by atoms with Gasteiger partial charge in [0.1, 0.15) is 0 Å². The van der Waals surface area contributed by atoms with Crippen molar-refractivity contribution >= 4 is 5.91 Å². The Bertz CT molecular complexity index is 776. The summed E-state index contributed by atoms with van der Waals surface area (Å²) in [6, 6.07) is 6.44. The molecule has 2 aromatic rings. The summed E-state index contributed by atoms with van der Waals surface area (Å²) in [6.45, 7) is 11.7. The van der Waals surface area contributed by atoms with Gasteiger partial charge in [0.2, 0.25) is 5.91 Å². The molecule has 2 N–H and O–H groups in total. The van der Waals surface area contributed by atoms with Gasteiger partial charge in [0, 0.05) is 37.4 Å². The molecule has 25 heavy (non-hydrogen) atoms. The van der Waals surface area contributed by atoms with Crippen molar-refractivity contribution in [3.05, 3.63) is 51.8 Å². The van der Waals surface area contributed by atoms with Crippen LogP contribution in [0.2, 0.25) is 0 Å². The standard InChI is InChI=1S/C20H28N4O/c1-13(2)12-24-15(4)19(14(3)23-24)8-20(25)22-9-16-5-6-17-10-21-11-18(17)7-16/h5-7,13,21H,8-12H2,1-4H3,(H,22,25). The topological polar surface area (TPSA) is 59.0 Å². The van der Waals surface area contributed by atoms with Crippen molar-refractivity contribution in [3.8, 4) is 0 Å². The van der Waals surface area contributed by atoms with Crippen LogP contribution in [0.15, 0.2) is 18.2 Å². The number of hydrogen-bond donors (Lipinski definition) is 2. The second-order valence-electron chi connectivity index (χ2n) is 7.39. The third-order valence-electron chi connectivity index (χ3n) is 4.80. The number of hydrogen-bond acceptors (Lipinski definition) is 3. The fraction of sp³-hybridized carbons (Fsp3) is 0.500. The number of amides is 1. The maximum Gasteiger partial charge on any atom is 0.224 e. The Morgan fingerprint density at radius 3 is 2.80 bits per heavy atom. The van der Waals surface area contributed by atoms with Gasteiger partial charge in [-0.2, -0.15) is 5.10 Å². The highest BCUT2D eigenvalue weighted by atomic mass is 16.1. The van der Waals surface area contributed by atoms with Crippen molar-refractivity contribution in [2.75, 3.05) is 0 Å². The second-order valence-corrected chi connectivity index (χ2v) is 7.39. The molecule has 0 unspecified atom stereocenters. The summed E-state index contributed by atoms with van der Waals surface area (Å²) in [5, 5.41) is 11.0. The zero-order valence-electron chi connectivity index (χ0n) is 15.6. The molecule has 0 fully saturated rings. The summed E-state index contributed by atoms with van der Waals surface area (Å²) in [6.07, 6.45) is 0.391. The van der Waals surface area contributed by atoms with E-state index in [1.165, 1.54) is 11.1 Å². The first-order valence-corrected chi connectivity index (χ1v) is 9.05. The number of fused-ring (bicyclic) bond motifs is 1. The molecule has 1 aliphatic heterocycles. The highest BCUT2D eigenvalue weighted by molar-refractivity contribution is 5.79. The molecule has 5 nitrogen and oxygen atoms in total. The maximum atomic E-state index is 12.4. The van der Waals surface area contributed by atoms with Crippen molar-refractivity contribution in [3.63, 3.8) is 0 Å². The molecule has 1 aromatic carbocycles. The lowest BCUT2D eigenvalue weighted by Crippen LogP contribution is -2.25. The summed E-state index contributed by atoms with van der Waals surface area (Å²) >= 11 is 0. The van der Waals surface area contributed by atoms with Gasteiger partial charge >= 0.3 is 0 Å². The molecule has 3 rings (SSSR count). The molecular weight excluding hydrogens is 312 g/mol. The van der Waals surface area contributed by atoms with E-state index in [4.69, 9.17) is 0 Å². The van der Waals surface area contributed by atoms with Crippen molar-refractivity contribution in [2.45, 2.75) is 60.3 Å². The second kappa shape index (κ2) is 7.40. The molecule has 5 heteroatoms. The molecular formula is C20H28N4O. The van der Waals surface area contributed by atoms with Gasteiger partial charge in [0.25, 0.3) is 0 Å². The number of rotatable bonds is 6. The van der Waals surface area contributed by atoms with E-state index in [0.717, 1.165) is 42.1 Å². The highest BCUT2D eigenvalue weighted by Crippen LogP contribution is 2.18. The fourth-order valence-electron chi connectivity index (χ4n) is 3.40. The minimum atomic E-state index is 0.0499. The third-order valence-corrected chi connectivity index (χ3v) is 4.80. The van der Waals surface area contributed by atoms with E-state index in [9.17, 15) is 4.79 Å². The Morgan fingerprint density at radius 2 is 2.04 bits per heavy atom. The van der Waals surface area contributed by atoms with Gasteiger partial charge in [-0.05, 0) is 36.5 Å². The maximum absolute atomic E-state index is 12.4. The molecule has 0 aliphatic carbocycles. The monoisotopic (exact) mass is 340 g/mol. The molecule has 0 spiro atoms. The predicted molar refractivity (Wildman–Crippen MR) is 99.1 cm³/mol. The molecule has 134 valence electrons. The van der Waals surface area contributed by atoms with E-state index in [0.29, 0.717) is 18.9 Å². The van der Waals surface area contributed by atoms with Gasteiger partial charge in [0.05, 0.1) is 12.1 Å². The van der Waals surface area contributed by atoms with Crippen LogP contribution in [0.1, 0.15) is 47.5 Å². The van der Waals surface area contributed by atoms with Gasteiger partial charge < -0.3 is 10.6 Å². The van der Waals surface area contributed by atoms with Crippen LogP contribution in [0.3, 0.4) is 0 Å². The predicted octanol–water partition coefficient (Wildman–Crippen LogP) is 2.62. The van der Waals surface area contributed by atoms with E-state index >= 15 is 0 Å². The number of carbonyl (C=O) groups is 1. The van der Waals surface area contributed by atoms with E-state index < -0.39 is 0 Å². The van der Waals surface area contributed by atoms with Crippen molar-refractivity contribution in [1.29, 1.82) is 0 Å². The Balaban J connectivity index is 1.60. The lowest BCUT2D eigenvalue weighted by molar-refractivity contribution is -0.120. The third kappa shape index (κ3) is 4.10. The first-order chi connectivity index (χ1) is 11.9. The molecule has 0 bridgehead atoms. The van der Waals surface area contributed by atoms with Crippen LogP contribution in [0.25, 0.3) is 0 Å². The Morgan fingerprint density at radius 1 is 1.28 bits per heavy atom. The van der Waals surface area contributed by atoms with Gasteiger partial charge in [-0.25, -0.2) is 0 Å². The van der Waals surface area contributed by atoms with Gasteiger partial charge in [-0.1, -0.05) is 32.0 Å². The van der Waals surface area contributed by atoms with E-state index in [1.54, 1.807) is 0 Å². The lowest BCUT2D eigenvalue weighted by Gasteiger charge is -2.09. The normalized spacial score (nSPS) is 13.3. The smallest absolute Gasteiger partial charge is 0.224 e. The summed E-state index contributed by atoms with van der Waals surface area (Å²) in [4.78, 5) is 12.4. The molecule has 1 aromatic heterocycles. The number of aromatic nitrogens is 2. The Labute approximate surface area is 149 Å². The average molecular weight is 340 g/mol. The van der Waals surface area contributed by atoms with Crippen LogP contribution >= 0.6 is 0 Å². The summed E-state index contributed by atoms with van der Waals surface area (Å²) in [5.41, 5.74) is 6.96. The fourth-order valence-corrected chi connectivity index (χ4v) is 3.40. The number of nitrogens with zero attached hydrogens (tertiary/aromatic N) is 2. The van der Waals surface area contributed by atoms with Crippen LogP contribution in [0.4, 0.5) is 0 Å². The van der Waals surface area contributed by atoms with Crippen LogP contribution < -0.4 is 10.6 Å². The summed E-state index contributed by atoms with van der Waals surface area (Å²) < 4.78 is 2.02. The zero-order chi connectivity index (χ0) is 18.0.